The zero-order valence-corrected chi connectivity index (χ0v) is 24.7. The van der Waals surface area contributed by atoms with Crippen LogP contribution in [0.5, 0.6) is 11.5 Å². The van der Waals surface area contributed by atoms with Crippen molar-refractivity contribution in [2.24, 2.45) is 0 Å². The number of halogens is 3. The van der Waals surface area contributed by atoms with Crippen LogP contribution in [0.15, 0.2) is 74.5 Å². The number of anilines is 1. The van der Waals surface area contributed by atoms with Gasteiger partial charge in [0.2, 0.25) is 5.91 Å². The van der Waals surface area contributed by atoms with Crippen molar-refractivity contribution in [3.63, 3.8) is 0 Å². The van der Waals surface area contributed by atoms with Crippen LogP contribution in [-0.4, -0.2) is 35.1 Å². The lowest BCUT2D eigenvalue weighted by Crippen LogP contribution is -2.36. The van der Waals surface area contributed by atoms with Gasteiger partial charge in [-0.1, -0.05) is 51.8 Å². The van der Waals surface area contributed by atoms with Crippen molar-refractivity contribution in [3.8, 4) is 11.5 Å². The first kappa shape index (κ1) is 28.2. The lowest BCUT2D eigenvalue weighted by Gasteiger charge is -2.15. The first-order chi connectivity index (χ1) is 18.2. The molecule has 0 spiro atoms. The summed E-state index contributed by atoms with van der Waals surface area (Å²) in [5.74, 6) is -0.0749. The van der Waals surface area contributed by atoms with Gasteiger partial charge in [-0.15, -0.1) is 0 Å². The number of nitrogens with one attached hydrogen (secondary N) is 1. The summed E-state index contributed by atoms with van der Waals surface area (Å²) in [5.41, 5.74) is 2.01. The molecule has 0 bridgehead atoms. The van der Waals surface area contributed by atoms with Crippen LogP contribution in [0.1, 0.15) is 18.1 Å². The molecule has 4 rings (SSSR count). The molecule has 11 heteroatoms. The second-order valence-corrected chi connectivity index (χ2v) is 11.1. The predicted octanol–water partition coefficient (Wildman–Crippen LogP) is 7.52. The minimum Gasteiger partial charge on any atom is -0.490 e. The molecule has 1 saturated heterocycles. The maximum absolute atomic E-state index is 13.0. The molecule has 0 aliphatic carbocycles. The van der Waals surface area contributed by atoms with Crippen LogP contribution in [0, 0.1) is 0 Å². The highest BCUT2D eigenvalue weighted by molar-refractivity contribution is 9.10. The zero-order chi connectivity index (χ0) is 27.2. The van der Waals surface area contributed by atoms with E-state index in [9.17, 15) is 14.4 Å². The van der Waals surface area contributed by atoms with Gasteiger partial charge in [0.25, 0.3) is 11.1 Å². The van der Waals surface area contributed by atoms with Crippen LogP contribution >= 0.6 is 55.2 Å². The Morgan fingerprint density at radius 1 is 1.08 bits per heavy atom. The highest BCUT2D eigenvalue weighted by Crippen LogP contribution is 2.40. The topological polar surface area (TPSA) is 84.9 Å². The first-order valence-corrected chi connectivity index (χ1v) is 14.2. The smallest absolute Gasteiger partial charge is 0.294 e. The number of hydrogen-bond acceptors (Lipinski definition) is 6. The molecule has 0 radical (unpaired) electrons. The van der Waals surface area contributed by atoms with Gasteiger partial charge in [0, 0.05) is 4.47 Å². The predicted molar refractivity (Wildman–Crippen MR) is 157 cm³/mol. The summed E-state index contributed by atoms with van der Waals surface area (Å²) in [5, 5.41) is 2.44. The maximum atomic E-state index is 13.0. The Bertz CT molecular complexity index is 1420. The summed E-state index contributed by atoms with van der Waals surface area (Å²) in [7, 11) is 0. The second-order valence-electron chi connectivity index (χ2n) is 7.97. The van der Waals surface area contributed by atoms with Crippen LogP contribution in [0.2, 0.25) is 5.02 Å². The standard InChI is InChI=1S/C27H21Br2ClN2O5S/c1-2-36-22-12-17(11-19(29)25(22)37-15-16-7-9-18(28)10-8-16)13-23-26(34)32(27(35)38-23)14-24(33)31-21-6-4-3-5-20(21)30/h3-13H,2,14-15H2,1H3,(H,31,33)/b23-13+. The highest BCUT2D eigenvalue weighted by Gasteiger charge is 2.36. The zero-order valence-electron chi connectivity index (χ0n) is 20.0. The average molecular weight is 681 g/mol. The Hall–Kier alpha value is -2.79. The van der Waals surface area contributed by atoms with Crippen LogP contribution in [0.25, 0.3) is 6.08 Å². The maximum Gasteiger partial charge on any atom is 0.294 e. The first-order valence-electron chi connectivity index (χ1n) is 11.4. The van der Waals surface area contributed by atoms with Gasteiger partial charge in [0.05, 0.1) is 26.7 Å². The van der Waals surface area contributed by atoms with Crippen molar-refractivity contribution in [3.05, 3.63) is 90.7 Å². The van der Waals surface area contributed by atoms with E-state index in [0.717, 1.165) is 26.7 Å². The Balaban J connectivity index is 1.49. The van der Waals surface area contributed by atoms with Crippen LogP contribution in [0.4, 0.5) is 10.5 Å². The number of rotatable bonds is 9. The molecule has 1 heterocycles. The van der Waals surface area contributed by atoms with Crippen LogP contribution in [-0.2, 0) is 16.2 Å². The number of amides is 3. The van der Waals surface area contributed by atoms with E-state index in [4.69, 9.17) is 21.1 Å². The van der Waals surface area contributed by atoms with Crippen molar-refractivity contribution >= 4 is 84.0 Å². The quantitative estimate of drug-likeness (QED) is 0.236. The van der Waals surface area contributed by atoms with Crippen molar-refractivity contribution in [1.29, 1.82) is 0 Å². The van der Waals surface area contributed by atoms with E-state index in [-0.39, 0.29) is 4.91 Å². The molecule has 1 aliphatic heterocycles. The van der Waals surface area contributed by atoms with Gasteiger partial charge < -0.3 is 14.8 Å². The Morgan fingerprint density at radius 2 is 1.82 bits per heavy atom. The van der Waals surface area contributed by atoms with Gasteiger partial charge in [0.1, 0.15) is 13.2 Å². The summed E-state index contributed by atoms with van der Waals surface area (Å²) in [6.07, 6.45) is 1.59. The number of benzene rings is 3. The van der Waals surface area contributed by atoms with Crippen molar-refractivity contribution in [1.82, 2.24) is 4.90 Å². The summed E-state index contributed by atoms with van der Waals surface area (Å²) in [4.78, 5) is 39.1. The number of hydrogen-bond donors (Lipinski definition) is 1. The lowest BCUT2D eigenvalue weighted by atomic mass is 10.1. The van der Waals surface area contributed by atoms with Crippen LogP contribution < -0.4 is 14.8 Å². The summed E-state index contributed by atoms with van der Waals surface area (Å²) < 4.78 is 13.4. The Kier molecular flexibility index (Phi) is 9.54. The number of carbonyl (C=O) groups excluding carboxylic acids is 3. The monoisotopic (exact) mass is 678 g/mol. The van der Waals surface area contributed by atoms with E-state index in [0.29, 0.717) is 45.5 Å². The molecule has 3 aromatic rings. The molecular weight excluding hydrogens is 660 g/mol. The summed E-state index contributed by atoms with van der Waals surface area (Å²) >= 11 is 13.8. The molecule has 7 nitrogen and oxygen atoms in total. The molecule has 1 aliphatic rings. The van der Waals surface area contributed by atoms with Gasteiger partial charge in [0.15, 0.2) is 11.5 Å². The molecule has 0 unspecified atom stereocenters. The molecule has 196 valence electrons. The van der Waals surface area contributed by atoms with E-state index in [2.05, 4.69) is 37.2 Å². The third-order valence-corrected chi connectivity index (χ3v) is 7.60. The fourth-order valence-corrected chi connectivity index (χ4v) is 5.35. The summed E-state index contributed by atoms with van der Waals surface area (Å²) in [6.45, 7) is 2.17. The highest BCUT2D eigenvalue weighted by atomic mass is 79.9. The van der Waals surface area contributed by atoms with Crippen molar-refractivity contribution in [2.75, 3.05) is 18.5 Å². The fraction of sp³-hybridized carbons (Fsp3) is 0.148. The van der Waals surface area contributed by atoms with Gasteiger partial charge in [-0.05, 0) is 88.2 Å². The van der Waals surface area contributed by atoms with Crippen molar-refractivity contribution in [2.45, 2.75) is 13.5 Å². The fourth-order valence-electron chi connectivity index (χ4n) is 3.49. The van der Waals surface area contributed by atoms with E-state index >= 15 is 0 Å². The largest absolute Gasteiger partial charge is 0.490 e. The molecule has 1 fully saturated rings. The molecule has 3 amide bonds. The van der Waals surface area contributed by atoms with Gasteiger partial charge in [-0.25, -0.2) is 0 Å². The normalized spacial score (nSPS) is 14.2. The van der Waals surface area contributed by atoms with E-state index in [1.807, 2.05) is 31.2 Å². The molecule has 38 heavy (non-hydrogen) atoms. The Labute approximate surface area is 245 Å². The van der Waals surface area contributed by atoms with E-state index < -0.39 is 23.6 Å². The number of nitrogens with zero attached hydrogens (tertiary/aromatic N) is 1. The average Bonchev–Trinajstić information content (AvgIpc) is 3.13. The van der Waals surface area contributed by atoms with Crippen molar-refractivity contribution < 1.29 is 23.9 Å². The minimum absolute atomic E-state index is 0.193. The molecule has 0 aromatic heterocycles. The number of carbonyl (C=O) groups is 3. The van der Waals surface area contributed by atoms with Gasteiger partial charge in [-0.3, -0.25) is 19.3 Å². The third-order valence-electron chi connectivity index (χ3n) is 5.25. The third kappa shape index (κ3) is 6.99. The summed E-state index contributed by atoms with van der Waals surface area (Å²) in [6, 6.07) is 18.0. The minimum atomic E-state index is -0.557. The van der Waals surface area contributed by atoms with Crippen LogP contribution in [0.3, 0.4) is 0 Å². The Morgan fingerprint density at radius 3 is 2.53 bits per heavy atom. The SMILES string of the molecule is CCOc1cc(/C=C2/SC(=O)N(CC(=O)Nc3ccccc3Cl)C2=O)cc(Br)c1OCc1ccc(Br)cc1. The molecule has 0 atom stereocenters. The van der Waals surface area contributed by atoms with E-state index in [1.165, 1.54) is 0 Å². The number of thioether (sulfide) groups is 1. The number of imide groups is 1. The number of para-hydroxylation sites is 1. The molecule has 3 aromatic carbocycles. The van der Waals surface area contributed by atoms with Gasteiger partial charge in [-0.2, -0.15) is 0 Å². The molecular formula is C27H21Br2ClN2O5S. The van der Waals surface area contributed by atoms with E-state index in [1.54, 1.807) is 42.5 Å². The second kappa shape index (κ2) is 12.8. The number of ether oxygens (including phenoxy) is 2. The van der Waals surface area contributed by atoms with Gasteiger partial charge >= 0.3 is 0 Å². The lowest BCUT2D eigenvalue weighted by molar-refractivity contribution is -0.127. The molecule has 0 saturated carbocycles. The molecule has 1 N–H and O–H groups in total.